The van der Waals surface area contributed by atoms with Gasteiger partial charge in [0.2, 0.25) is 0 Å². The number of halogens is 2. The third kappa shape index (κ3) is 6.86. The molecule has 0 aliphatic rings. The highest BCUT2D eigenvalue weighted by molar-refractivity contribution is 9.10. The number of esters is 1. The van der Waals surface area contributed by atoms with Crippen molar-refractivity contribution >= 4 is 55.9 Å². The molecule has 2 N–H and O–H groups in total. The van der Waals surface area contributed by atoms with Crippen molar-refractivity contribution in [3.05, 3.63) is 98.4 Å². The molecule has 0 spiro atoms. The Bertz CT molecular complexity index is 1160. The molecule has 0 fully saturated rings. The summed E-state index contributed by atoms with van der Waals surface area (Å²) >= 11 is 6.61. The third-order valence-corrected chi connectivity index (χ3v) is 5.27. The summed E-state index contributed by atoms with van der Waals surface area (Å²) in [4.78, 5) is 36.1. The number of amides is 2. The molecule has 0 saturated heterocycles. The van der Waals surface area contributed by atoms with E-state index in [4.69, 9.17) is 4.74 Å². The second-order valence-corrected chi connectivity index (χ2v) is 8.19. The van der Waals surface area contributed by atoms with E-state index < -0.39 is 11.9 Å². The van der Waals surface area contributed by atoms with Crippen LogP contribution in [-0.2, 0) is 4.79 Å². The number of carbonyl (C=O) groups is 3. The Hall–Kier alpha value is -3.30. The van der Waals surface area contributed by atoms with Crippen LogP contribution in [0.15, 0.2) is 86.8 Å². The van der Waals surface area contributed by atoms with Gasteiger partial charge in [-0.3, -0.25) is 9.59 Å². The molecule has 0 saturated carbocycles. The van der Waals surface area contributed by atoms with E-state index in [-0.39, 0.29) is 12.5 Å². The van der Waals surface area contributed by atoms with Gasteiger partial charge in [0.05, 0.1) is 18.3 Å². The highest BCUT2D eigenvalue weighted by atomic mass is 79.9. The highest BCUT2D eigenvalue weighted by Gasteiger charge is 2.11. The van der Waals surface area contributed by atoms with E-state index in [1.54, 1.807) is 66.7 Å². The third-order valence-electron chi connectivity index (χ3n) is 4.08. The van der Waals surface area contributed by atoms with Crippen LogP contribution in [0.3, 0.4) is 0 Å². The number of benzene rings is 3. The van der Waals surface area contributed by atoms with Crippen LogP contribution in [0.4, 0.5) is 0 Å². The fourth-order valence-corrected chi connectivity index (χ4v) is 3.37. The van der Waals surface area contributed by atoms with Gasteiger partial charge in [0, 0.05) is 14.5 Å². The molecule has 0 heterocycles. The van der Waals surface area contributed by atoms with Crippen molar-refractivity contribution in [2.24, 2.45) is 5.10 Å². The second kappa shape index (κ2) is 11.4. The van der Waals surface area contributed by atoms with E-state index in [0.717, 1.165) is 4.47 Å². The van der Waals surface area contributed by atoms with Gasteiger partial charge in [-0.1, -0.05) is 34.1 Å². The largest absolute Gasteiger partial charge is 0.423 e. The number of nitrogens with one attached hydrogen (secondary N) is 2. The molecule has 0 unspecified atom stereocenters. The van der Waals surface area contributed by atoms with Gasteiger partial charge in [-0.2, -0.15) is 5.10 Å². The van der Waals surface area contributed by atoms with Crippen LogP contribution in [0.5, 0.6) is 5.75 Å². The lowest BCUT2D eigenvalue weighted by atomic mass is 10.2. The summed E-state index contributed by atoms with van der Waals surface area (Å²) in [5.74, 6) is -0.931. The fraction of sp³-hybridized carbons (Fsp3) is 0.0435. The first-order valence-electron chi connectivity index (χ1n) is 9.35. The quantitative estimate of drug-likeness (QED) is 0.195. The Morgan fingerprint density at radius 3 is 2.41 bits per heavy atom. The number of hydrogen-bond donors (Lipinski definition) is 2. The summed E-state index contributed by atoms with van der Waals surface area (Å²) in [5.41, 5.74) is 3.89. The SMILES string of the molecule is O=C(CNC(=O)c1cccc(Br)c1)N/N=C/c1ccc(OC(=O)c2ccccc2Br)cc1. The summed E-state index contributed by atoms with van der Waals surface area (Å²) in [6.07, 6.45) is 1.44. The van der Waals surface area contributed by atoms with Crippen molar-refractivity contribution in [3.8, 4) is 5.75 Å². The number of ether oxygens (including phenoxy) is 1. The maximum absolute atomic E-state index is 12.2. The van der Waals surface area contributed by atoms with E-state index in [1.807, 2.05) is 6.07 Å². The maximum Gasteiger partial charge on any atom is 0.344 e. The molecule has 7 nitrogen and oxygen atoms in total. The Morgan fingerprint density at radius 2 is 1.69 bits per heavy atom. The first-order valence-corrected chi connectivity index (χ1v) is 10.9. The number of hydrazone groups is 1. The van der Waals surface area contributed by atoms with Crippen LogP contribution < -0.4 is 15.5 Å². The summed E-state index contributed by atoms with van der Waals surface area (Å²) in [6, 6.07) is 20.4. The Morgan fingerprint density at radius 1 is 0.938 bits per heavy atom. The molecule has 3 aromatic carbocycles. The van der Waals surface area contributed by atoms with Crippen molar-refractivity contribution in [3.63, 3.8) is 0 Å². The van der Waals surface area contributed by atoms with E-state index in [1.165, 1.54) is 6.21 Å². The first-order chi connectivity index (χ1) is 15.4. The van der Waals surface area contributed by atoms with Gasteiger partial charge in [-0.05, 0) is 76.1 Å². The van der Waals surface area contributed by atoms with Gasteiger partial charge in [0.15, 0.2) is 0 Å². The van der Waals surface area contributed by atoms with Gasteiger partial charge in [0.1, 0.15) is 5.75 Å². The van der Waals surface area contributed by atoms with Gasteiger partial charge in [-0.15, -0.1) is 0 Å². The molecule has 0 radical (unpaired) electrons. The molecule has 9 heteroatoms. The summed E-state index contributed by atoms with van der Waals surface area (Å²) in [5, 5.41) is 6.38. The molecule has 2 amide bonds. The molecule has 3 rings (SSSR count). The van der Waals surface area contributed by atoms with Crippen LogP contribution >= 0.6 is 31.9 Å². The molecular weight excluding hydrogens is 542 g/mol. The molecule has 162 valence electrons. The number of rotatable bonds is 7. The van der Waals surface area contributed by atoms with Crippen molar-refractivity contribution in [2.45, 2.75) is 0 Å². The Labute approximate surface area is 201 Å². The predicted molar refractivity (Wildman–Crippen MR) is 128 cm³/mol. The predicted octanol–water partition coefficient (Wildman–Crippen LogP) is 4.31. The van der Waals surface area contributed by atoms with Crippen molar-refractivity contribution in [1.82, 2.24) is 10.7 Å². The lowest BCUT2D eigenvalue weighted by molar-refractivity contribution is -0.120. The van der Waals surface area contributed by atoms with Gasteiger partial charge in [0.25, 0.3) is 11.8 Å². The van der Waals surface area contributed by atoms with Crippen LogP contribution in [0, 0.1) is 0 Å². The maximum atomic E-state index is 12.2. The fourth-order valence-electron chi connectivity index (χ4n) is 2.52. The molecule has 0 aliphatic carbocycles. The molecular formula is C23H17Br2N3O4. The van der Waals surface area contributed by atoms with Crippen LogP contribution in [-0.4, -0.2) is 30.5 Å². The standard InChI is InChI=1S/C23H17Br2N3O4/c24-17-5-3-4-16(12-17)22(30)26-14-21(29)28-27-13-15-8-10-18(11-9-15)32-23(31)19-6-1-2-7-20(19)25/h1-13H,14H2,(H,26,30)(H,28,29)/b27-13+. The number of nitrogens with zero attached hydrogens (tertiary/aromatic N) is 1. The zero-order valence-electron chi connectivity index (χ0n) is 16.5. The zero-order valence-corrected chi connectivity index (χ0v) is 19.7. The first kappa shape index (κ1) is 23.4. The van der Waals surface area contributed by atoms with E-state index in [2.05, 4.69) is 47.7 Å². The van der Waals surface area contributed by atoms with Crippen molar-refractivity contribution in [1.29, 1.82) is 0 Å². The van der Waals surface area contributed by atoms with E-state index in [0.29, 0.717) is 26.9 Å². The molecule has 0 atom stereocenters. The topological polar surface area (TPSA) is 96.9 Å². The smallest absolute Gasteiger partial charge is 0.344 e. The summed E-state index contributed by atoms with van der Waals surface area (Å²) in [7, 11) is 0. The minimum Gasteiger partial charge on any atom is -0.423 e. The van der Waals surface area contributed by atoms with Crippen LogP contribution in [0.2, 0.25) is 0 Å². The Balaban J connectivity index is 1.46. The molecule has 0 aliphatic heterocycles. The van der Waals surface area contributed by atoms with Gasteiger partial charge in [-0.25, -0.2) is 10.2 Å². The van der Waals surface area contributed by atoms with Gasteiger partial charge < -0.3 is 10.1 Å². The molecule has 32 heavy (non-hydrogen) atoms. The molecule has 0 bridgehead atoms. The second-order valence-electron chi connectivity index (χ2n) is 6.42. The molecule has 0 aromatic heterocycles. The van der Waals surface area contributed by atoms with E-state index in [9.17, 15) is 14.4 Å². The average molecular weight is 559 g/mol. The van der Waals surface area contributed by atoms with Crippen molar-refractivity contribution < 1.29 is 19.1 Å². The zero-order chi connectivity index (χ0) is 22.9. The van der Waals surface area contributed by atoms with Crippen LogP contribution in [0.1, 0.15) is 26.3 Å². The van der Waals surface area contributed by atoms with Gasteiger partial charge >= 0.3 is 5.97 Å². The number of carbonyl (C=O) groups excluding carboxylic acids is 3. The lowest BCUT2D eigenvalue weighted by Gasteiger charge is -2.06. The minimum atomic E-state index is -0.476. The lowest BCUT2D eigenvalue weighted by Crippen LogP contribution is -2.34. The summed E-state index contributed by atoms with van der Waals surface area (Å²) in [6.45, 7) is -0.216. The number of hydrogen-bond acceptors (Lipinski definition) is 5. The van der Waals surface area contributed by atoms with Crippen molar-refractivity contribution in [2.75, 3.05) is 6.54 Å². The minimum absolute atomic E-state index is 0.216. The highest BCUT2D eigenvalue weighted by Crippen LogP contribution is 2.19. The molecule has 3 aromatic rings. The Kier molecular flexibility index (Phi) is 8.29. The van der Waals surface area contributed by atoms with Crippen LogP contribution in [0.25, 0.3) is 0 Å². The normalized spacial score (nSPS) is 10.6. The van der Waals surface area contributed by atoms with E-state index >= 15 is 0 Å². The monoisotopic (exact) mass is 557 g/mol. The summed E-state index contributed by atoms with van der Waals surface area (Å²) < 4.78 is 6.77. The average Bonchev–Trinajstić information content (AvgIpc) is 2.79.